The summed E-state index contributed by atoms with van der Waals surface area (Å²) in [5.41, 5.74) is 2.13. The Hall–Kier alpha value is -2.10. The molecule has 2 aromatic carbocycles. The number of sulfonamides is 1. The van der Waals surface area contributed by atoms with Crippen LogP contribution in [0.3, 0.4) is 0 Å². The Morgan fingerprint density at radius 1 is 1.18 bits per heavy atom. The van der Waals surface area contributed by atoms with Crippen molar-refractivity contribution in [2.75, 3.05) is 23.2 Å². The second-order valence-corrected chi connectivity index (χ2v) is 8.95. The van der Waals surface area contributed by atoms with E-state index >= 15 is 0 Å². The Morgan fingerprint density at radius 2 is 1.82 bits per heavy atom. The smallest absolute Gasteiger partial charge is 0.265 e. The minimum Gasteiger partial charge on any atom is -0.492 e. The molecule has 28 heavy (non-hydrogen) atoms. The van der Waals surface area contributed by atoms with E-state index in [-0.39, 0.29) is 4.90 Å². The van der Waals surface area contributed by atoms with Crippen LogP contribution >= 0.6 is 28.1 Å². The minimum absolute atomic E-state index is 0.0658. The van der Waals surface area contributed by atoms with E-state index in [9.17, 15) is 8.42 Å². The number of rotatable bonds is 8. The zero-order valence-corrected chi connectivity index (χ0v) is 18.8. The van der Waals surface area contributed by atoms with Gasteiger partial charge in [0.2, 0.25) is 0 Å². The van der Waals surface area contributed by atoms with Gasteiger partial charge in [-0.1, -0.05) is 28.1 Å². The van der Waals surface area contributed by atoms with E-state index < -0.39 is 10.0 Å². The van der Waals surface area contributed by atoms with Crippen molar-refractivity contribution in [3.63, 3.8) is 0 Å². The Kier molecular flexibility index (Phi) is 7.85. The molecule has 0 fully saturated rings. The fraction of sp³-hybridized carbons (Fsp3) is 0.211. The van der Waals surface area contributed by atoms with E-state index in [1.165, 1.54) is 6.07 Å². The summed E-state index contributed by atoms with van der Waals surface area (Å²) in [5, 5.41) is 6.51. The van der Waals surface area contributed by atoms with Crippen molar-refractivity contribution in [2.24, 2.45) is 0 Å². The molecule has 0 aliphatic carbocycles. The molecule has 0 heterocycles. The summed E-state index contributed by atoms with van der Waals surface area (Å²) in [6.45, 7) is 8.45. The minimum atomic E-state index is -3.82. The highest BCUT2D eigenvalue weighted by Gasteiger charge is 2.20. The molecule has 9 heteroatoms. The summed E-state index contributed by atoms with van der Waals surface area (Å²) in [4.78, 5) is 0.0658. The number of halogens is 1. The standard InChI is InChI=1S/C19H22BrN3O3S2/c1-4-26-17-10-5-14(20)11-18(17)28(24,25)23-16-8-6-15(7-9-16)22-19(27)21-12-13(2)3/h5-11,23H,2,4,12H2,1,3H3,(H2,21,22,27). The number of hydrogen-bond acceptors (Lipinski definition) is 4. The molecule has 0 radical (unpaired) electrons. The Bertz CT molecular complexity index is 961. The molecule has 0 aromatic heterocycles. The third-order valence-electron chi connectivity index (χ3n) is 3.44. The molecule has 6 nitrogen and oxygen atoms in total. The van der Waals surface area contributed by atoms with Gasteiger partial charge in [-0.15, -0.1) is 0 Å². The van der Waals surface area contributed by atoms with Crippen LogP contribution in [0.5, 0.6) is 5.75 Å². The lowest BCUT2D eigenvalue weighted by molar-refractivity contribution is 0.331. The van der Waals surface area contributed by atoms with Crippen LogP contribution in [0.15, 0.2) is 64.0 Å². The first-order chi connectivity index (χ1) is 13.2. The third-order valence-corrected chi connectivity index (χ3v) is 5.58. The highest BCUT2D eigenvalue weighted by molar-refractivity contribution is 9.10. The maximum absolute atomic E-state index is 12.8. The van der Waals surface area contributed by atoms with Crippen molar-refractivity contribution in [3.05, 3.63) is 59.1 Å². The zero-order valence-electron chi connectivity index (χ0n) is 15.6. The third kappa shape index (κ3) is 6.50. The van der Waals surface area contributed by atoms with E-state index in [1.54, 1.807) is 43.3 Å². The molecule has 150 valence electrons. The van der Waals surface area contributed by atoms with Crippen LogP contribution in [-0.2, 0) is 10.0 Å². The predicted octanol–water partition coefficient (Wildman–Crippen LogP) is 4.51. The van der Waals surface area contributed by atoms with Crippen molar-refractivity contribution >= 4 is 54.7 Å². The lowest BCUT2D eigenvalue weighted by atomic mass is 10.3. The lowest BCUT2D eigenvalue weighted by Gasteiger charge is -2.14. The molecule has 0 unspecified atom stereocenters. The first-order valence-electron chi connectivity index (χ1n) is 8.45. The Morgan fingerprint density at radius 3 is 2.43 bits per heavy atom. The summed E-state index contributed by atoms with van der Waals surface area (Å²) in [7, 11) is -3.82. The zero-order chi connectivity index (χ0) is 20.7. The second kappa shape index (κ2) is 9.90. The van der Waals surface area contributed by atoms with Gasteiger partial charge in [0, 0.05) is 22.4 Å². The average Bonchev–Trinajstić information content (AvgIpc) is 2.63. The highest BCUT2D eigenvalue weighted by atomic mass is 79.9. The summed E-state index contributed by atoms with van der Waals surface area (Å²) in [6.07, 6.45) is 0. The average molecular weight is 484 g/mol. The molecule has 0 saturated heterocycles. The van der Waals surface area contributed by atoms with Crippen LogP contribution in [0, 0.1) is 0 Å². The van der Waals surface area contributed by atoms with Gasteiger partial charge in [-0.3, -0.25) is 4.72 Å². The van der Waals surface area contributed by atoms with Crippen LogP contribution in [0.25, 0.3) is 0 Å². The summed E-state index contributed by atoms with van der Waals surface area (Å²) < 4.78 is 34.2. The monoisotopic (exact) mass is 483 g/mol. The number of benzene rings is 2. The molecule has 0 aliphatic rings. The van der Waals surface area contributed by atoms with Gasteiger partial charge >= 0.3 is 0 Å². The second-order valence-electron chi connectivity index (χ2n) is 5.97. The quantitative estimate of drug-likeness (QED) is 0.378. The number of ether oxygens (including phenoxy) is 1. The SMILES string of the molecule is C=C(C)CNC(=S)Nc1ccc(NS(=O)(=O)c2cc(Br)ccc2OCC)cc1. The van der Waals surface area contributed by atoms with Gasteiger partial charge in [0.1, 0.15) is 10.6 Å². The van der Waals surface area contributed by atoms with E-state index in [4.69, 9.17) is 17.0 Å². The van der Waals surface area contributed by atoms with E-state index in [2.05, 4.69) is 37.9 Å². The summed E-state index contributed by atoms with van der Waals surface area (Å²) in [6, 6.07) is 11.6. The van der Waals surface area contributed by atoms with E-state index in [1.807, 2.05) is 6.92 Å². The van der Waals surface area contributed by atoms with Gasteiger partial charge in [-0.2, -0.15) is 0 Å². The largest absolute Gasteiger partial charge is 0.492 e. The normalized spacial score (nSPS) is 10.8. The molecular weight excluding hydrogens is 462 g/mol. The topological polar surface area (TPSA) is 79.5 Å². The first-order valence-corrected chi connectivity index (χ1v) is 11.1. The maximum Gasteiger partial charge on any atom is 0.265 e. The van der Waals surface area contributed by atoms with Crippen molar-refractivity contribution in [1.29, 1.82) is 0 Å². The van der Waals surface area contributed by atoms with Gasteiger partial charge < -0.3 is 15.4 Å². The van der Waals surface area contributed by atoms with E-state index in [0.29, 0.717) is 34.2 Å². The molecule has 0 saturated carbocycles. The molecule has 0 amide bonds. The van der Waals surface area contributed by atoms with Crippen molar-refractivity contribution < 1.29 is 13.2 Å². The number of hydrogen-bond donors (Lipinski definition) is 3. The van der Waals surface area contributed by atoms with E-state index in [0.717, 1.165) is 11.3 Å². The van der Waals surface area contributed by atoms with Crippen LogP contribution in [0.1, 0.15) is 13.8 Å². The lowest BCUT2D eigenvalue weighted by Crippen LogP contribution is -2.29. The number of nitrogens with one attached hydrogen (secondary N) is 3. The number of anilines is 2. The van der Waals surface area contributed by atoms with Gasteiger partial charge in [0.05, 0.1) is 6.61 Å². The molecule has 0 aliphatic heterocycles. The Labute approximate surface area is 179 Å². The molecular formula is C19H22BrN3O3S2. The predicted molar refractivity (Wildman–Crippen MR) is 122 cm³/mol. The maximum atomic E-state index is 12.8. The fourth-order valence-corrected chi connectivity index (χ4v) is 4.14. The van der Waals surface area contributed by atoms with Crippen LogP contribution < -0.4 is 20.1 Å². The first kappa shape index (κ1) is 22.2. The molecule has 0 atom stereocenters. The fourth-order valence-electron chi connectivity index (χ4n) is 2.20. The van der Waals surface area contributed by atoms with Crippen molar-refractivity contribution in [1.82, 2.24) is 5.32 Å². The van der Waals surface area contributed by atoms with Gasteiger partial charge in [-0.05, 0) is 68.5 Å². The molecule has 2 aromatic rings. The van der Waals surface area contributed by atoms with Crippen molar-refractivity contribution in [3.8, 4) is 5.75 Å². The summed E-state index contributed by atoms with van der Waals surface area (Å²) in [5.74, 6) is 0.297. The molecule has 0 spiro atoms. The molecule has 0 bridgehead atoms. The molecule has 3 N–H and O–H groups in total. The van der Waals surface area contributed by atoms with Crippen LogP contribution in [-0.4, -0.2) is 26.7 Å². The van der Waals surface area contributed by atoms with Gasteiger partial charge in [0.15, 0.2) is 5.11 Å². The molecule has 2 rings (SSSR count). The van der Waals surface area contributed by atoms with Crippen LogP contribution in [0.2, 0.25) is 0 Å². The summed E-state index contributed by atoms with van der Waals surface area (Å²) >= 11 is 8.50. The van der Waals surface area contributed by atoms with Gasteiger partial charge in [0.25, 0.3) is 10.0 Å². The Balaban J connectivity index is 2.12. The van der Waals surface area contributed by atoms with Gasteiger partial charge in [-0.25, -0.2) is 8.42 Å². The van der Waals surface area contributed by atoms with Crippen molar-refractivity contribution in [2.45, 2.75) is 18.7 Å². The van der Waals surface area contributed by atoms with Crippen LogP contribution in [0.4, 0.5) is 11.4 Å². The highest BCUT2D eigenvalue weighted by Crippen LogP contribution is 2.29. The number of thiocarbonyl (C=S) groups is 1.